The van der Waals surface area contributed by atoms with Gasteiger partial charge in [-0.2, -0.15) is 0 Å². The van der Waals surface area contributed by atoms with Crippen molar-refractivity contribution in [1.82, 2.24) is 10.3 Å². The third kappa shape index (κ3) is 4.29. The fraction of sp³-hybridized carbons (Fsp3) is 0.200. The number of carbonyl (C=O) groups is 1. The number of hydrogen-bond acceptors (Lipinski definition) is 6. The third-order valence-electron chi connectivity index (χ3n) is 5.39. The van der Waals surface area contributed by atoms with Gasteiger partial charge in [0.25, 0.3) is 0 Å². The van der Waals surface area contributed by atoms with Crippen molar-refractivity contribution < 1.29 is 19.1 Å². The standard InChI is InChI=1S/C25H24N2O5/c1-15-13-21(28)24(30)25(32-15)22(23(29)16-7-9-18(31-2)10-8-16)26-12-11-17-14-27-20-6-4-3-5-19(17)20/h3-10,13-14,22,26-27,30H,11-12H2,1-2H3. The van der Waals surface area contributed by atoms with Crippen LogP contribution in [0.2, 0.25) is 0 Å². The second kappa shape index (κ2) is 9.11. The highest BCUT2D eigenvalue weighted by Crippen LogP contribution is 2.27. The van der Waals surface area contributed by atoms with E-state index in [1.807, 2.05) is 30.5 Å². The number of rotatable bonds is 8. The van der Waals surface area contributed by atoms with Crippen LogP contribution < -0.4 is 15.5 Å². The number of aromatic amines is 1. The summed E-state index contributed by atoms with van der Waals surface area (Å²) in [7, 11) is 1.55. The van der Waals surface area contributed by atoms with Gasteiger partial charge in [-0.3, -0.25) is 9.59 Å². The van der Waals surface area contributed by atoms with E-state index in [-0.39, 0.29) is 11.5 Å². The van der Waals surface area contributed by atoms with Gasteiger partial charge in [-0.15, -0.1) is 0 Å². The molecule has 0 bridgehead atoms. The number of carbonyl (C=O) groups excluding carboxylic acids is 1. The number of aryl methyl sites for hydroxylation is 1. The summed E-state index contributed by atoms with van der Waals surface area (Å²) in [6.45, 7) is 2.02. The van der Waals surface area contributed by atoms with Crippen molar-refractivity contribution in [1.29, 1.82) is 0 Å². The van der Waals surface area contributed by atoms with Gasteiger partial charge in [0, 0.05) is 35.3 Å². The van der Waals surface area contributed by atoms with Crippen LogP contribution >= 0.6 is 0 Å². The predicted molar refractivity (Wildman–Crippen MR) is 121 cm³/mol. The van der Waals surface area contributed by atoms with Crippen molar-refractivity contribution in [3.63, 3.8) is 0 Å². The number of aromatic hydroxyl groups is 1. The van der Waals surface area contributed by atoms with Crippen LogP contribution in [0.25, 0.3) is 10.9 Å². The largest absolute Gasteiger partial charge is 0.502 e. The zero-order valence-corrected chi connectivity index (χ0v) is 17.8. The van der Waals surface area contributed by atoms with Gasteiger partial charge in [0.05, 0.1) is 7.11 Å². The summed E-state index contributed by atoms with van der Waals surface area (Å²) in [6, 6.07) is 14.8. The fourth-order valence-electron chi connectivity index (χ4n) is 3.74. The first kappa shape index (κ1) is 21.4. The monoisotopic (exact) mass is 432 g/mol. The van der Waals surface area contributed by atoms with E-state index >= 15 is 0 Å². The smallest absolute Gasteiger partial charge is 0.227 e. The summed E-state index contributed by atoms with van der Waals surface area (Å²) < 4.78 is 10.8. The minimum atomic E-state index is -1.03. The maximum absolute atomic E-state index is 13.3. The third-order valence-corrected chi connectivity index (χ3v) is 5.39. The lowest BCUT2D eigenvalue weighted by Crippen LogP contribution is -2.31. The Balaban J connectivity index is 1.62. The molecule has 7 nitrogen and oxygen atoms in total. The molecule has 1 unspecified atom stereocenters. The Morgan fingerprint density at radius 1 is 1.19 bits per heavy atom. The maximum Gasteiger partial charge on any atom is 0.227 e. The van der Waals surface area contributed by atoms with Crippen LogP contribution in [0.5, 0.6) is 11.5 Å². The summed E-state index contributed by atoms with van der Waals surface area (Å²) in [6.07, 6.45) is 2.57. The number of benzene rings is 2. The Hall–Kier alpha value is -3.84. The Kier molecular flexibility index (Phi) is 6.09. The number of fused-ring (bicyclic) bond motifs is 1. The molecule has 2 aromatic heterocycles. The average Bonchev–Trinajstić information content (AvgIpc) is 3.22. The number of aromatic nitrogens is 1. The minimum absolute atomic E-state index is 0.0882. The van der Waals surface area contributed by atoms with Crippen LogP contribution in [0.1, 0.15) is 33.5 Å². The summed E-state index contributed by atoms with van der Waals surface area (Å²) >= 11 is 0. The van der Waals surface area contributed by atoms with Gasteiger partial charge in [-0.05, 0) is 49.2 Å². The number of methoxy groups -OCH3 is 1. The predicted octanol–water partition coefficient (Wildman–Crippen LogP) is 3.90. The lowest BCUT2D eigenvalue weighted by Gasteiger charge is -2.18. The second-order valence-electron chi connectivity index (χ2n) is 7.52. The van der Waals surface area contributed by atoms with E-state index < -0.39 is 17.2 Å². The normalized spacial score (nSPS) is 12.1. The molecule has 0 aliphatic carbocycles. The first-order valence-corrected chi connectivity index (χ1v) is 10.3. The number of para-hydroxylation sites is 1. The highest BCUT2D eigenvalue weighted by Gasteiger charge is 2.28. The van der Waals surface area contributed by atoms with Crippen molar-refractivity contribution in [2.45, 2.75) is 19.4 Å². The van der Waals surface area contributed by atoms with E-state index in [2.05, 4.69) is 10.3 Å². The molecule has 4 rings (SSSR count). The molecule has 0 amide bonds. The quantitative estimate of drug-likeness (QED) is 0.365. The molecular formula is C25H24N2O5. The van der Waals surface area contributed by atoms with Gasteiger partial charge < -0.3 is 24.6 Å². The van der Waals surface area contributed by atoms with Crippen LogP contribution in [0.15, 0.2) is 70.0 Å². The number of hydrogen-bond donors (Lipinski definition) is 3. The second-order valence-corrected chi connectivity index (χ2v) is 7.52. The first-order valence-electron chi connectivity index (χ1n) is 10.3. The van der Waals surface area contributed by atoms with E-state index in [9.17, 15) is 14.7 Å². The Bertz CT molecular complexity index is 1300. The molecule has 7 heteroatoms. The van der Waals surface area contributed by atoms with Crippen molar-refractivity contribution in [2.24, 2.45) is 0 Å². The summed E-state index contributed by atoms with van der Waals surface area (Å²) in [5.41, 5.74) is 1.95. The molecule has 0 saturated heterocycles. The molecule has 2 aromatic carbocycles. The number of nitrogens with one attached hydrogen (secondary N) is 2. The molecule has 4 aromatic rings. The van der Waals surface area contributed by atoms with E-state index in [1.54, 1.807) is 38.3 Å². The van der Waals surface area contributed by atoms with Crippen LogP contribution in [-0.2, 0) is 6.42 Å². The van der Waals surface area contributed by atoms with Gasteiger partial charge >= 0.3 is 0 Å². The van der Waals surface area contributed by atoms with Crippen molar-refractivity contribution >= 4 is 16.7 Å². The van der Waals surface area contributed by atoms with Crippen molar-refractivity contribution in [3.05, 3.63) is 93.7 Å². The van der Waals surface area contributed by atoms with Crippen LogP contribution in [0, 0.1) is 6.92 Å². The molecule has 0 aliphatic rings. The first-order chi connectivity index (χ1) is 15.5. The average molecular weight is 432 g/mol. The lowest BCUT2D eigenvalue weighted by atomic mass is 10.0. The Morgan fingerprint density at radius 2 is 1.94 bits per heavy atom. The maximum atomic E-state index is 13.3. The van der Waals surface area contributed by atoms with E-state index in [0.29, 0.717) is 30.0 Å². The van der Waals surface area contributed by atoms with Crippen LogP contribution in [-0.4, -0.2) is 29.5 Å². The molecular weight excluding hydrogens is 408 g/mol. The van der Waals surface area contributed by atoms with E-state index in [1.165, 1.54) is 6.07 Å². The molecule has 0 aliphatic heterocycles. The molecule has 0 radical (unpaired) electrons. The van der Waals surface area contributed by atoms with E-state index in [0.717, 1.165) is 16.5 Å². The van der Waals surface area contributed by atoms with Gasteiger partial charge in [0.1, 0.15) is 17.6 Å². The molecule has 3 N–H and O–H groups in total. The zero-order valence-electron chi connectivity index (χ0n) is 17.8. The van der Waals surface area contributed by atoms with Gasteiger partial charge in [-0.1, -0.05) is 18.2 Å². The summed E-state index contributed by atoms with van der Waals surface area (Å²) in [5, 5.41) is 14.7. The molecule has 32 heavy (non-hydrogen) atoms. The molecule has 164 valence electrons. The molecule has 0 spiro atoms. The fourth-order valence-corrected chi connectivity index (χ4v) is 3.74. The van der Waals surface area contributed by atoms with Crippen LogP contribution in [0.4, 0.5) is 0 Å². The van der Waals surface area contributed by atoms with Crippen molar-refractivity contribution in [3.8, 4) is 11.5 Å². The number of ether oxygens (including phenoxy) is 1. The topological polar surface area (TPSA) is 105 Å². The van der Waals surface area contributed by atoms with Gasteiger partial charge in [0.15, 0.2) is 11.5 Å². The number of ketones is 1. The molecule has 0 fully saturated rings. The lowest BCUT2D eigenvalue weighted by molar-refractivity contribution is 0.0926. The Labute approximate surface area is 184 Å². The Morgan fingerprint density at radius 3 is 2.69 bits per heavy atom. The number of H-pyrrole nitrogens is 1. The number of Topliss-reactive ketones (excluding diaryl/α,β-unsaturated/α-hetero) is 1. The molecule has 0 saturated carbocycles. The van der Waals surface area contributed by atoms with Gasteiger partial charge in [-0.25, -0.2) is 0 Å². The molecule has 1 atom stereocenters. The molecule has 2 heterocycles. The highest BCUT2D eigenvalue weighted by atomic mass is 16.5. The van der Waals surface area contributed by atoms with Gasteiger partial charge in [0.2, 0.25) is 11.2 Å². The van der Waals surface area contributed by atoms with E-state index in [4.69, 9.17) is 9.15 Å². The van der Waals surface area contributed by atoms with Crippen LogP contribution in [0.3, 0.4) is 0 Å². The van der Waals surface area contributed by atoms with Crippen molar-refractivity contribution in [2.75, 3.05) is 13.7 Å². The summed E-state index contributed by atoms with van der Waals surface area (Å²) in [4.78, 5) is 28.7. The SMILES string of the molecule is COc1ccc(C(=O)C(NCCc2c[nH]c3ccccc23)c2oc(C)cc(=O)c2O)cc1. The minimum Gasteiger partial charge on any atom is -0.502 e. The highest BCUT2D eigenvalue weighted by molar-refractivity contribution is 6.00. The zero-order chi connectivity index (χ0) is 22.7. The summed E-state index contributed by atoms with van der Waals surface area (Å²) in [5.74, 6) is -0.0449.